The molecule has 3 rings (SSSR count). The van der Waals surface area contributed by atoms with Crippen LogP contribution in [0.2, 0.25) is 0 Å². The fraction of sp³-hybridized carbons (Fsp3) is 0.200. The quantitative estimate of drug-likeness (QED) is 0.455. The first-order valence-corrected chi connectivity index (χ1v) is 9.08. The van der Waals surface area contributed by atoms with Gasteiger partial charge in [0.25, 0.3) is 0 Å². The van der Waals surface area contributed by atoms with Crippen LogP contribution >= 0.6 is 11.8 Å². The highest BCUT2D eigenvalue weighted by Crippen LogP contribution is 2.32. The van der Waals surface area contributed by atoms with Gasteiger partial charge in [-0.05, 0) is 30.2 Å². The van der Waals surface area contributed by atoms with Crippen molar-refractivity contribution in [3.8, 4) is 17.1 Å². The molecular formula is C20H21N3OS. The highest BCUT2D eigenvalue weighted by Gasteiger charge is 2.16. The largest absolute Gasteiger partial charge is 0.496 e. The number of methoxy groups -OCH3 is 1. The van der Waals surface area contributed by atoms with Gasteiger partial charge in [-0.1, -0.05) is 54.2 Å². The molecule has 0 amide bonds. The Morgan fingerprint density at radius 2 is 1.88 bits per heavy atom. The van der Waals surface area contributed by atoms with Crippen LogP contribution in [0.15, 0.2) is 66.3 Å². The molecule has 5 heteroatoms. The Hall–Kier alpha value is -2.53. The molecule has 128 valence electrons. The summed E-state index contributed by atoms with van der Waals surface area (Å²) in [7, 11) is 1.67. The van der Waals surface area contributed by atoms with Gasteiger partial charge < -0.3 is 4.74 Å². The molecule has 0 N–H and O–H groups in total. The second-order valence-electron chi connectivity index (χ2n) is 5.62. The highest BCUT2D eigenvalue weighted by atomic mass is 32.2. The summed E-state index contributed by atoms with van der Waals surface area (Å²) >= 11 is 1.68. The summed E-state index contributed by atoms with van der Waals surface area (Å²) in [6, 6.07) is 16.3. The standard InChI is InChI=1S/C20H21N3OS/c1-4-13-23-19(17-11-7-8-12-18(17)24-3)21-22-20(23)25-14-16-10-6-5-9-15(16)2/h4-12H,1,13-14H2,2-3H3. The highest BCUT2D eigenvalue weighted by molar-refractivity contribution is 7.98. The van der Waals surface area contributed by atoms with Gasteiger partial charge in [0.15, 0.2) is 11.0 Å². The van der Waals surface area contributed by atoms with Gasteiger partial charge in [0.05, 0.1) is 12.7 Å². The van der Waals surface area contributed by atoms with Gasteiger partial charge in [-0.2, -0.15) is 0 Å². The van der Waals surface area contributed by atoms with Crippen molar-refractivity contribution in [2.24, 2.45) is 0 Å². The average Bonchev–Trinajstić information content (AvgIpc) is 3.04. The molecule has 0 radical (unpaired) electrons. The summed E-state index contributed by atoms with van der Waals surface area (Å²) in [6.45, 7) is 6.65. The van der Waals surface area contributed by atoms with Crippen molar-refractivity contribution in [3.63, 3.8) is 0 Å². The number of benzene rings is 2. The Morgan fingerprint density at radius 1 is 1.12 bits per heavy atom. The zero-order valence-electron chi connectivity index (χ0n) is 14.5. The summed E-state index contributed by atoms with van der Waals surface area (Å²) in [5, 5.41) is 9.70. The lowest BCUT2D eigenvalue weighted by Crippen LogP contribution is -2.02. The van der Waals surface area contributed by atoms with Crippen molar-refractivity contribution in [1.29, 1.82) is 0 Å². The predicted molar refractivity (Wildman–Crippen MR) is 103 cm³/mol. The molecule has 0 bridgehead atoms. The Labute approximate surface area is 152 Å². The van der Waals surface area contributed by atoms with Crippen molar-refractivity contribution >= 4 is 11.8 Å². The summed E-state index contributed by atoms with van der Waals surface area (Å²) in [6.07, 6.45) is 1.86. The lowest BCUT2D eigenvalue weighted by atomic mass is 10.1. The zero-order chi connectivity index (χ0) is 17.6. The number of para-hydroxylation sites is 1. The minimum atomic E-state index is 0.649. The number of ether oxygens (including phenoxy) is 1. The predicted octanol–water partition coefficient (Wildman–Crippen LogP) is 4.74. The summed E-state index contributed by atoms with van der Waals surface area (Å²) in [4.78, 5) is 0. The van der Waals surface area contributed by atoms with Crippen molar-refractivity contribution in [2.75, 3.05) is 7.11 Å². The third-order valence-electron chi connectivity index (χ3n) is 3.99. The molecule has 3 aromatic rings. The van der Waals surface area contributed by atoms with E-state index in [0.717, 1.165) is 28.0 Å². The molecule has 4 nitrogen and oxygen atoms in total. The molecule has 0 saturated heterocycles. The van der Waals surface area contributed by atoms with Gasteiger partial charge in [-0.15, -0.1) is 16.8 Å². The third kappa shape index (κ3) is 3.77. The molecule has 0 aliphatic rings. The first-order valence-electron chi connectivity index (χ1n) is 8.09. The first-order chi connectivity index (χ1) is 12.2. The van der Waals surface area contributed by atoms with E-state index in [0.29, 0.717) is 6.54 Å². The van der Waals surface area contributed by atoms with Gasteiger partial charge in [-0.25, -0.2) is 0 Å². The van der Waals surface area contributed by atoms with Gasteiger partial charge in [0, 0.05) is 12.3 Å². The average molecular weight is 351 g/mol. The van der Waals surface area contributed by atoms with E-state index in [1.54, 1.807) is 18.9 Å². The lowest BCUT2D eigenvalue weighted by molar-refractivity contribution is 0.416. The Bertz CT molecular complexity index is 873. The molecule has 0 spiro atoms. The van der Waals surface area contributed by atoms with Crippen LogP contribution in [-0.2, 0) is 12.3 Å². The normalized spacial score (nSPS) is 10.6. The van der Waals surface area contributed by atoms with Crippen LogP contribution in [0.4, 0.5) is 0 Å². The smallest absolute Gasteiger partial charge is 0.192 e. The fourth-order valence-corrected chi connectivity index (χ4v) is 3.66. The lowest BCUT2D eigenvalue weighted by Gasteiger charge is -2.11. The Morgan fingerprint density at radius 3 is 2.64 bits per heavy atom. The second-order valence-corrected chi connectivity index (χ2v) is 6.56. The van der Waals surface area contributed by atoms with E-state index in [4.69, 9.17) is 4.74 Å². The molecule has 0 atom stereocenters. The van der Waals surface area contributed by atoms with E-state index in [9.17, 15) is 0 Å². The van der Waals surface area contributed by atoms with Crippen LogP contribution in [0, 0.1) is 6.92 Å². The molecule has 0 unspecified atom stereocenters. The maximum Gasteiger partial charge on any atom is 0.192 e. The molecule has 0 aliphatic carbocycles. The minimum absolute atomic E-state index is 0.649. The second kappa shape index (κ2) is 8.03. The molecule has 0 fully saturated rings. The van der Waals surface area contributed by atoms with Crippen LogP contribution < -0.4 is 4.74 Å². The van der Waals surface area contributed by atoms with Crippen LogP contribution in [0.1, 0.15) is 11.1 Å². The Kier molecular flexibility index (Phi) is 5.56. The molecule has 0 saturated carbocycles. The molecule has 1 heterocycles. The number of rotatable bonds is 7. The molecule has 1 aromatic heterocycles. The number of aromatic nitrogens is 3. The van der Waals surface area contributed by atoms with E-state index >= 15 is 0 Å². The van der Waals surface area contributed by atoms with E-state index in [2.05, 4.69) is 52.5 Å². The molecule has 25 heavy (non-hydrogen) atoms. The summed E-state index contributed by atoms with van der Waals surface area (Å²) < 4.78 is 7.55. The van der Waals surface area contributed by atoms with Crippen LogP contribution in [0.25, 0.3) is 11.4 Å². The molecular weight excluding hydrogens is 330 g/mol. The maximum absolute atomic E-state index is 5.47. The van der Waals surface area contributed by atoms with E-state index in [-0.39, 0.29) is 0 Å². The van der Waals surface area contributed by atoms with Gasteiger partial charge in [0.2, 0.25) is 0 Å². The maximum atomic E-state index is 5.47. The monoisotopic (exact) mass is 351 g/mol. The van der Waals surface area contributed by atoms with Crippen LogP contribution in [0.3, 0.4) is 0 Å². The summed E-state index contributed by atoms with van der Waals surface area (Å²) in [5.41, 5.74) is 3.52. The number of allylic oxidation sites excluding steroid dienone is 1. The number of hydrogen-bond acceptors (Lipinski definition) is 4. The van der Waals surface area contributed by atoms with Crippen molar-refractivity contribution < 1.29 is 4.74 Å². The molecule has 2 aromatic carbocycles. The number of thioether (sulfide) groups is 1. The first kappa shape index (κ1) is 17.3. The molecule has 0 aliphatic heterocycles. The Balaban J connectivity index is 1.92. The van der Waals surface area contributed by atoms with E-state index in [1.807, 2.05) is 30.3 Å². The topological polar surface area (TPSA) is 39.9 Å². The van der Waals surface area contributed by atoms with Crippen molar-refractivity contribution in [2.45, 2.75) is 24.4 Å². The SMILES string of the molecule is C=CCn1c(SCc2ccccc2C)nnc1-c1ccccc1OC. The number of nitrogens with zero attached hydrogens (tertiary/aromatic N) is 3. The van der Waals surface area contributed by atoms with Gasteiger partial charge >= 0.3 is 0 Å². The van der Waals surface area contributed by atoms with Crippen LogP contribution in [0.5, 0.6) is 5.75 Å². The van der Waals surface area contributed by atoms with Gasteiger partial charge in [-0.3, -0.25) is 4.57 Å². The van der Waals surface area contributed by atoms with E-state index in [1.165, 1.54) is 11.1 Å². The third-order valence-corrected chi connectivity index (χ3v) is 5.01. The number of aryl methyl sites for hydroxylation is 1. The van der Waals surface area contributed by atoms with Crippen molar-refractivity contribution in [3.05, 3.63) is 72.3 Å². The zero-order valence-corrected chi connectivity index (χ0v) is 15.3. The van der Waals surface area contributed by atoms with E-state index < -0.39 is 0 Å². The number of hydrogen-bond donors (Lipinski definition) is 0. The summed E-state index contributed by atoms with van der Waals surface area (Å²) in [5.74, 6) is 2.44. The van der Waals surface area contributed by atoms with Gasteiger partial charge in [0.1, 0.15) is 5.75 Å². The van der Waals surface area contributed by atoms with Crippen LogP contribution in [-0.4, -0.2) is 21.9 Å². The van der Waals surface area contributed by atoms with Crippen molar-refractivity contribution in [1.82, 2.24) is 14.8 Å². The fourth-order valence-electron chi connectivity index (χ4n) is 2.63. The minimum Gasteiger partial charge on any atom is -0.496 e.